The summed E-state index contributed by atoms with van der Waals surface area (Å²) in [6.45, 7) is 0.910. The van der Waals surface area contributed by atoms with E-state index >= 15 is 0 Å². The number of halogens is 3. The second-order valence-electron chi connectivity index (χ2n) is 5.90. The highest BCUT2D eigenvalue weighted by atomic mass is 19.4. The molecule has 0 aromatic carbocycles. The van der Waals surface area contributed by atoms with E-state index in [0.717, 1.165) is 38.5 Å². The van der Waals surface area contributed by atoms with Crippen LogP contribution in [-0.2, 0) is 9.53 Å². The van der Waals surface area contributed by atoms with E-state index in [9.17, 15) is 18.0 Å². The number of carbonyl (C=O) groups is 1. The van der Waals surface area contributed by atoms with Crippen LogP contribution in [0.25, 0.3) is 0 Å². The van der Waals surface area contributed by atoms with Crippen LogP contribution in [0.15, 0.2) is 0 Å². The molecule has 1 N–H and O–H groups in total. The van der Waals surface area contributed by atoms with Crippen LogP contribution in [0.2, 0.25) is 0 Å². The Kier molecular flexibility index (Phi) is 5.14. The lowest BCUT2D eigenvalue weighted by atomic mass is 9.98. The van der Waals surface area contributed by atoms with E-state index in [1.807, 2.05) is 6.92 Å². The SMILES string of the molecule is CCCC1NC2(CCCC2)C(=O)N1CCOCC(F)(F)F. The van der Waals surface area contributed by atoms with Crippen molar-refractivity contribution in [2.75, 3.05) is 19.8 Å². The van der Waals surface area contributed by atoms with E-state index in [2.05, 4.69) is 10.1 Å². The number of hydrogen-bond acceptors (Lipinski definition) is 3. The average molecular weight is 308 g/mol. The third kappa shape index (κ3) is 3.88. The molecular weight excluding hydrogens is 285 g/mol. The first-order valence-corrected chi connectivity index (χ1v) is 7.61. The summed E-state index contributed by atoms with van der Waals surface area (Å²) in [5, 5.41) is 3.42. The standard InChI is InChI=1S/C14H23F3N2O2/c1-2-5-11-18-13(6-3-4-7-13)12(20)19(11)8-9-21-10-14(15,16)17/h11,18H,2-10H2,1H3. The first-order chi connectivity index (χ1) is 9.88. The molecule has 1 atom stereocenters. The van der Waals surface area contributed by atoms with Crippen molar-refractivity contribution in [1.29, 1.82) is 0 Å². The number of nitrogens with zero attached hydrogens (tertiary/aromatic N) is 1. The summed E-state index contributed by atoms with van der Waals surface area (Å²) in [5.41, 5.74) is -0.468. The molecule has 1 amide bonds. The van der Waals surface area contributed by atoms with Crippen molar-refractivity contribution >= 4 is 5.91 Å². The topological polar surface area (TPSA) is 41.6 Å². The molecule has 122 valence electrons. The molecular formula is C14H23F3N2O2. The quantitative estimate of drug-likeness (QED) is 0.766. The van der Waals surface area contributed by atoms with Gasteiger partial charge in [-0.1, -0.05) is 26.2 Å². The van der Waals surface area contributed by atoms with Gasteiger partial charge in [-0.05, 0) is 19.3 Å². The van der Waals surface area contributed by atoms with E-state index < -0.39 is 18.3 Å². The van der Waals surface area contributed by atoms with Crippen LogP contribution in [0.5, 0.6) is 0 Å². The Labute approximate surface area is 123 Å². The molecule has 1 aliphatic heterocycles. The maximum Gasteiger partial charge on any atom is 0.411 e. The highest BCUT2D eigenvalue weighted by Gasteiger charge is 2.51. The van der Waals surface area contributed by atoms with Gasteiger partial charge in [-0.15, -0.1) is 0 Å². The Hall–Kier alpha value is -0.820. The Balaban J connectivity index is 1.90. The maximum atomic E-state index is 12.6. The molecule has 1 saturated heterocycles. The molecule has 1 saturated carbocycles. The van der Waals surface area contributed by atoms with Crippen LogP contribution in [-0.4, -0.2) is 48.4 Å². The van der Waals surface area contributed by atoms with Crippen molar-refractivity contribution < 1.29 is 22.7 Å². The average Bonchev–Trinajstić information content (AvgIpc) is 2.95. The molecule has 1 heterocycles. The lowest BCUT2D eigenvalue weighted by Gasteiger charge is -2.23. The molecule has 2 aliphatic rings. The van der Waals surface area contributed by atoms with Gasteiger partial charge in [0.25, 0.3) is 0 Å². The molecule has 1 spiro atoms. The predicted octanol–water partition coefficient (Wildman–Crippen LogP) is 2.44. The van der Waals surface area contributed by atoms with Gasteiger partial charge in [0, 0.05) is 6.54 Å². The molecule has 1 aliphatic carbocycles. The van der Waals surface area contributed by atoms with Crippen molar-refractivity contribution in [3.8, 4) is 0 Å². The molecule has 2 fully saturated rings. The van der Waals surface area contributed by atoms with Crippen molar-refractivity contribution in [3.05, 3.63) is 0 Å². The fourth-order valence-corrected chi connectivity index (χ4v) is 3.32. The maximum absolute atomic E-state index is 12.6. The highest BCUT2D eigenvalue weighted by molar-refractivity contribution is 5.89. The number of ether oxygens (including phenoxy) is 1. The van der Waals surface area contributed by atoms with Crippen LogP contribution in [0.3, 0.4) is 0 Å². The van der Waals surface area contributed by atoms with Gasteiger partial charge in [0.2, 0.25) is 5.91 Å². The monoisotopic (exact) mass is 308 g/mol. The van der Waals surface area contributed by atoms with Crippen molar-refractivity contribution in [1.82, 2.24) is 10.2 Å². The van der Waals surface area contributed by atoms with Gasteiger partial charge in [-0.3, -0.25) is 10.1 Å². The molecule has 0 radical (unpaired) electrons. The molecule has 2 rings (SSSR count). The number of hydrogen-bond donors (Lipinski definition) is 1. The molecule has 4 nitrogen and oxygen atoms in total. The first kappa shape index (κ1) is 16.5. The summed E-state index contributed by atoms with van der Waals surface area (Å²) in [6.07, 6.45) is 1.04. The predicted molar refractivity (Wildman–Crippen MR) is 71.6 cm³/mol. The van der Waals surface area contributed by atoms with E-state index in [-0.39, 0.29) is 25.2 Å². The largest absolute Gasteiger partial charge is 0.411 e. The summed E-state index contributed by atoms with van der Waals surface area (Å²) in [6, 6.07) is 0. The zero-order valence-corrected chi connectivity index (χ0v) is 12.3. The fraction of sp³-hybridized carbons (Fsp3) is 0.929. The molecule has 21 heavy (non-hydrogen) atoms. The minimum Gasteiger partial charge on any atom is -0.370 e. The Bertz CT molecular complexity index is 368. The number of alkyl halides is 3. The summed E-state index contributed by atoms with van der Waals surface area (Å²) >= 11 is 0. The van der Waals surface area contributed by atoms with Gasteiger partial charge in [0.15, 0.2) is 0 Å². The Morgan fingerprint density at radius 1 is 1.38 bits per heavy atom. The van der Waals surface area contributed by atoms with Gasteiger partial charge in [-0.25, -0.2) is 0 Å². The summed E-state index contributed by atoms with van der Waals surface area (Å²) < 4.78 is 40.8. The smallest absolute Gasteiger partial charge is 0.370 e. The normalized spacial score (nSPS) is 25.2. The summed E-state index contributed by atoms with van der Waals surface area (Å²) in [5.74, 6) is 0.0362. The minimum absolute atomic E-state index is 0.0362. The van der Waals surface area contributed by atoms with Gasteiger partial charge >= 0.3 is 6.18 Å². The van der Waals surface area contributed by atoms with Gasteiger partial charge in [-0.2, -0.15) is 13.2 Å². The first-order valence-electron chi connectivity index (χ1n) is 7.61. The van der Waals surface area contributed by atoms with E-state index in [0.29, 0.717) is 0 Å². The lowest BCUT2D eigenvalue weighted by molar-refractivity contribution is -0.175. The van der Waals surface area contributed by atoms with Crippen LogP contribution in [0, 0.1) is 0 Å². The molecule has 1 unspecified atom stereocenters. The third-order valence-corrected chi connectivity index (χ3v) is 4.25. The van der Waals surface area contributed by atoms with Crippen LogP contribution < -0.4 is 5.32 Å². The Morgan fingerprint density at radius 2 is 2.05 bits per heavy atom. The number of carbonyl (C=O) groups excluding carboxylic acids is 1. The highest BCUT2D eigenvalue weighted by Crippen LogP contribution is 2.37. The minimum atomic E-state index is -4.32. The molecule has 0 bridgehead atoms. The zero-order valence-electron chi connectivity index (χ0n) is 12.3. The molecule has 0 aromatic rings. The third-order valence-electron chi connectivity index (χ3n) is 4.25. The van der Waals surface area contributed by atoms with Gasteiger partial charge in [0.05, 0.1) is 18.3 Å². The van der Waals surface area contributed by atoms with E-state index in [4.69, 9.17) is 0 Å². The van der Waals surface area contributed by atoms with E-state index in [1.54, 1.807) is 4.90 Å². The van der Waals surface area contributed by atoms with Crippen molar-refractivity contribution in [3.63, 3.8) is 0 Å². The number of nitrogens with one attached hydrogen (secondary N) is 1. The fourth-order valence-electron chi connectivity index (χ4n) is 3.32. The van der Waals surface area contributed by atoms with E-state index in [1.165, 1.54) is 0 Å². The second-order valence-corrected chi connectivity index (χ2v) is 5.90. The van der Waals surface area contributed by atoms with Crippen LogP contribution in [0.4, 0.5) is 13.2 Å². The number of rotatable bonds is 6. The lowest BCUT2D eigenvalue weighted by Crippen LogP contribution is -2.44. The Morgan fingerprint density at radius 3 is 2.62 bits per heavy atom. The molecule has 7 heteroatoms. The van der Waals surface area contributed by atoms with Crippen LogP contribution >= 0.6 is 0 Å². The van der Waals surface area contributed by atoms with Gasteiger partial charge in [0.1, 0.15) is 6.61 Å². The zero-order chi connectivity index (χ0) is 15.5. The van der Waals surface area contributed by atoms with Crippen LogP contribution in [0.1, 0.15) is 45.4 Å². The summed E-state index contributed by atoms with van der Waals surface area (Å²) in [4.78, 5) is 14.3. The number of amides is 1. The van der Waals surface area contributed by atoms with Gasteiger partial charge < -0.3 is 9.64 Å². The summed E-state index contributed by atoms with van der Waals surface area (Å²) in [7, 11) is 0. The van der Waals surface area contributed by atoms with Crippen molar-refractivity contribution in [2.45, 2.75) is 63.3 Å². The van der Waals surface area contributed by atoms with Crippen molar-refractivity contribution in [2.24, 2.45) is 0 Å². The molecule has 0 aromatic heterocycles. The second kappa shape index (κ2) is 6.52.